The fourth-order valence-electron chi connectivity index (χ4n) is 3.50. The van der Waals surface area contributed by atoms with Gasteiger partial charge in [0.1, 0.15) is 11.3 Å². The number of esters is 1. The lowest BCUT2D eigenvalue weighted by atomic mass is 10.1. The lowest BCUT2D eigenvalue weighted by Crippen LogP contribution is -2.48. The Labute approximate surface area is 205 Å². The van der Waals surface area contributed by atoms with Crippen LogP contribution in [0.1, 0.15) is 35.7 Å². The Morgan fingerprint density at radius 2 is 2.03 bits per heavy atom. The van der Waals surface area contributed by atoms with Gasteiger partial charge in [0.2, 0.25) is 0 Å². The number of nitrogens with zero attached hydrogens (tertiary/aromatic N) is 2. The van der Waals surface area contributed by atoms with Crippen LogP contribution in [0.2, 0.25) is 0 Å². The maximum Gasteiger partial charge on any atom is 0.341 e. The van der Waals surface area contributed by atoms with Gasteiger partial charge in [-0.25, -0.2) is 9.79 Å². The number of rotatable bonds is 7. The Balaban J connectivity index is 0.00000341. The Bertz CT molecular complexity index is 852. The second-order valence-corrected chi connectivity index (χ2v) is 8.00. The number of halogens is 1. The highest BCUT2D eigenvalue weighted by atomic mass is 127. The van der Waals surface area contributed by atoms with Crippen LogP contribution in [-0.2, 0) is 11.3 Å². The molecule has 31 heavy (non-hydrogen) atoms. The Hall–Kier alpha value is -2.01. The molecule has 1 aromatic heterocycles. The first kappa shape index (κ1) is 25.3. The monoisotopic (exact) mass is 558 g/mol. The van der Waals surface area contributed by atoms with Crippen molar-refractivity contribution in [2.75, 3.05) is 38.8 Å². The molecule has 170 valence electrons. The lowest BCUT2D eigenvalue weighted by Gasteiger charge is -2.33. The van der Waals surface area contributed by atoms with Gasteiger partial charge in [0, 0.05) is 25.7 Å². The molecule has 0 radical (unpaired) electrons. The molecule has 0 atom stereocenters. The zero-order valence-electron chi connectivity index (χ0n) is 18.2. The predicted octanol–water partition coefficient (Wildman–Crippen LogP) is 3.89. The van der Waals surface area contributed by atoms with Crippen LogP contribution in [0.5, 0.6) is 5.75 Å². The number of piperidine rings is 1. The number of carbonyl (C=O) groups is 1. The van der Waals surface area contributed by atoms with Crippen LogP contribution < -0.4 is 20.3 Å². The molecule has 1 aliphatic heterocycles. The van der Waals surface area contributed by atoms with E-state index in [9.17, 15) is 4.79 Å². The molecule has 3 rings (SSSR count). The number of benzene rings is 1. The number of methoxy groups -OCH3 is 2. The highest BCUT2D eigenvalue weighted by molar-refractivity contribution is 14.0. The van der Waals surface area contributed by atoms with Gasteiger partial charge in [-0.05, 0) is 55.0 Å². The number of aliphatic imine (C=N–C) groups is 1. The highest BCUT2D eigenvalue weighted by Crippen LogP contribution is 2.25. The molecule has 2 heterocycles. The molecule has 7 nitrogen and oxygen atoms in total. The van der Waals surface area contributed by atoms with Gasteiger partial charge in [-0.3, -0.25) is 0 Å². The Kier molecular flexibility index (Phi) is 10.4. The minimum atomic E-state index is -0.416. The number of carbonyl (C=O) groups excluding carboxylic acids is 1. The summed E-state index contributed by atoms with van der Waals surface area (Å²) in [5.74, 6) is 0.875. The molecule has 0 unspecified atom stereocenters. The first-order valence-corrected chi connectivity index (χ1v) is 11.1. The van der Waals surface area contributed by atoms with Gasteiger partial charge >= 0.3 is 5.97 Å². The second-order valence-electron chi connectivity index (χ2n) is 7.08. The van der Waals surface area contributed by atoms with Gasteiger partial charge in [-0.1, -0.05) is 6.07 Å². The molecule has 1 fully saturated rings. The second kappa shape index (κ2) is 12.7. The average Bonchev–Trinajstić information content (AvgIpc) is 3.32. The Morgan fingerprint density at radius 3 is 2.65 bits per heavy atom. The summed E-state index contributed by atoms with van der Waals surface area (Å²) >= 11 is 1.79. The van der Waals surface area contributed by atoms with Crippen LogP contribution >= 0.6 is 35.3 Å². The number of hydrogen-bond acceptors (Lipinski definition) is 6. The summed E-state index contributed by atoms with van der Waals surface area (Å²) in [7, 11) is 2.90. The van der Waals surface area contributed by atoms with Crippen molar-refractivity contribution in [1.82, 2.24) is 10.6 Å². The third-order valence-electron chi connectivity index (χ3n) is 5.09. The lowest BCUT2D eigenvalue weighted by molar-refractivity contribution is 0.0597. The zero-order valence-corrected chi connectivity index (χ0v) is 21.4. The van der Waals surface area contributed by atoms with Crippen molar-refractivity contribution in [2.24, 2.45) is 4.99 Å². The summed E-state index contributed by atoms with van der Waals surface area (Å²) in [4.78, 5) is 19.2. The number of guanidine groups is 1. The first-order valence-electron chi connectivity index (χ1n) is 10.2. The minimum Gasteiger partial charge on any atom is -0.496 e. The number of anilines is 1. The molecule has 1 aromatic carbocycles. The van der Waals surface area contributed by atoms with Crippen LogP contribution in [0.25, 0.3) is 0 Å². The van der Waals surface area contributed by atoms with E-state index in [4.69, 9.17) is 14.5 Å². The number of ether oxygens (including phenoxy) is 2. The van der Waals surface area contributed by atoms with Crippen molar-refractivity contribution >= 4 is 52.2 Å². The molecule has 0 bridgehead atoms. The van der Waals surface area contributed by atoms with Gasteiger partial charge < -0.3 is 25.0 Å². The first-order chi connectivity index (χ1) is 14.6. The highest BCUT2D eigenvalue weighted by Gasteiger charge is 2.20. The topological polar surface area (TPSA) is 75.2 Å². The van der Waals surface area contributed by atoms with Crippen LogP contribution in [0.3, 0.4) is 0 Å². The van der Waals surface area contributed by atoms with Crippen molar-refractivity contribution in [3.8, 4) is 5.75 Å². The number of thiophene rings is 1. The smallest absolute Gasteiger partial charge is 0.341 e. The zero-order chi connectivity index (χ0) is 21.3. The summed E-state index contributed by atoms with van der Waals surface area (Å²) in [6.45, 7) is 5.38. The number of hydrogen-bond donors (Lipinski definition) is 2. The van der Waals surface area contributed by atoms with E-state index in [0.717, 1.165) is 44.0 Å². The van der Waals surface area contributed by atoms with E-state index in [1.165, 1.54) is 19.2 Å². The van der Waals surface area contributed by atoms with Crippen molar-refractivity contribution < 1.29 is 14.3 Å². The van der Waals surface area contributed by atoms with Crippen molar-refractivity contribution in [1.29, 1.82) is 0 Å². The third-order valence-corrected chi connectivity index (χ3v) is 6.02. The van der Waals surface area contributed by atoms with Crippen LogP contribution in [0.15, 0.2) is 40.7 Å². The molecule has 0 aliphatic carbocycles. The van der Waals surface area contributed by atoms with Gasteiger partial charge in [-0.15, -0.1) is 35.3 Å². The van der Waals surface area contributed by atoms with E-state index in [1.54, 1.807) is 23.5 Å². The van der Waals surface area contributed by atoms with E-state index >= 15 is 0 Å². The molecule has 2 N–H and O–H groups in total. The van der Waals surface area contributed by atoms with E-state index in [0.29, 0.717) is 23.9 Å². The van der Waals surface area contributed by atoms with Crippen LogP contribution in [0.4, 0.5) is 5.00 Å². The molecule has 1 saturated heterocycles. The molecule has 2 aromatic rings. The van der Waals surface area contributed by atoms with Gasteiger partial charge in [-0.2, -0.15) is 0 Å². The normalized spacial score (nSPS) is 14.5. The SMILES string of the molecule is CCNC(=NCc1ccc(OC)c(C(=O)OC)c1)NC1CCN(c2cccs2)CC1.I. The third kappa shape index (κ3) is 6.99. The van der Waals surface area contributed by atoms with Crippen molar-refractivity contribution in [3.63, 3.8) is 0 Å². The molecular formula is C22H31IN4O3S. The van der Waals surface area contributed by atoms with Gasteiger partial charge in [0.15, 0.2) is 5.96 Å². The van der Waals surface area contributed by atoms with Crippen molar-refractivity contribution in [3.05, 3.63) is 46.8 Å². The van der Waals surface area contributed by atoms with Crippen LogP contribution in [-0.4, -0.2) is 51.8 Å². The summed E-state index contributed by atoms with van der Waals surface area (Å²) < 4.78 is 10.1. The molecule has 1 aliphatic rings. The van der Waals surface area contributed by atoms with Crippen molar-refractivity contribution in [2.45, 2.75) is 32.4 Å². The molecule has 0 saturated carbocycles. The predicted molar refractivity (Wildman–Crippen MR) is 137 cm³/mol. The summed E-state index contributed by atoms with van der Waals surface area (Å²) in [6.07, 6.45) is 2.13. The molecular weight excluding hydrogens is 527 g/mol. The average molecular weight is 558 g/mol. The quantitative estimate of drug-likeness (QED) is 0.233. The molecule has 9 heteroatoms. The largest absolute Gasteiger partial charge is 0.496 e. The van der Waals surface area contributed by atoms with E-state index in [2.05, 4.69) is 40.0 Å². The Morgan fingerprint density at radius 1 is 1.26 bits per heavy atom. The molecule has 0 amide bonds. The van der Waals surface area contributed by atoms with E-state index < -0.39 is 5.97 Å². The van der Waals surface area contributed by atoms with Crippen LogP contribution in [0, 0.1) is 0 Å². The summed E-state index contributed by atoms with van der Waals surface area (Å²) in [6, 6.07) is 10.1. The minimum absolute atomic E-state index is 0. The van der Waals surface area contributed by atoms with E-state index in [-0.39, 0.29) is 24.0 Å². The van der Waals surface area contributed by atoms with E-state index in [1.807, 2.05) is 6.07 Å². The van der Waals surface area contributed by atoms with Gasteiger partial charge in [0.05, 0.1) is 25.8 Å². The maximum atomic E-state index is 12.0. The fraction of sp³-hybridized carbons (Fsp3) is 0.455. The standard InChI is InChI=1S/C22H30N4O3S.HI/c1-4-23-22(25-17-9-11-26(12-10-17)20-6-5-13-30-20)24-15-16-7-8-19(28-2)18(14-16)21(27)29-3;/h5-8,13-14,17H,4,9-12,15H2,1-3H3,(H2,23,24,25);1H. The van der Waals surface area contributed by atoms with Gasteiger partial charge in [0.25, 0.3) is 0 Å². The maximum absolute atomic E-state index is 12.0. The number of nitrogens with one attached hydrogen (secondary N) is 2. The summed E-state index contributed by atoms with van der Waals surface area (Å²) in [5.41, 5.74) is 1.33. The fourth-order valence-corrected chi connectivity index (χ4v) is 4.29. The molecule has 0 spiro atoms. The summed E-state index contributed by atoms with van der Waals surface area (Å²) in [5, 5.41) is 10.4.